The molecule has 46 heavy (non-hydrogen) atoms. The number of aromatic hydroxyl groups is 1. The quantitative estimate of drug-likeness (QED) is 0.180. The van der Waals surface area contributed by atoms with Gasteiger partial charge in [-0.2, -0.15) is 0 Å². The number of phenols is 1. The van der Waals surface area contributed by atoms with Crippen LogP contribution in [0.25, 0.3) is 50.5 Å². The number of phenolic OH excluding ortho intramolecular Hbond substituents is 1. The minimum absolute atomic E-state index is 0.0674. The summed E-state index contributed by atoms with van der Waals surface area (Å²) in [6.45, 7) is 18.6. The Labute approximate surface area is 274 Å². The second kappa shape index (κ2) is 12.0. The van der Waals surface area contributed by atoms with Gasteiger partial charge >= 0.3 is 0 Å². The normalized spacial score (nSPS) is 12.3. The van der Waals surface area contributed by atoms with Gasteiger partial charge in [-0.15, -0.1) is 0 Å². The second-order valence-corrected chi connectivity index (χ2v) is 20.0. The Morgan fingerprint density at radius 2 is 1.46 bits per heavy atom. The number of pyridine rings is 1. The highest BCUT2D eigenvalue weighted by atomic mass is 28.3. The maximum Gasteiger partial charge on any atom is 0.149 e. The summed E-state index contributed by atoms with van der Waals surface area (Å²) in [5, 5.41) is 12.4. The van der Waals surface area contributed by atoms with Crippen molar-refractivity contribution in [3.8, 4) is 45.2 Å². The third-order valence-electron chi connectivity index (χ3n) is 8.68. The van der Waals surface area contributed by atoms with Crippen LogP contribution in [0.4, 0.5) is 0 Å². The standard InChI is InChI=1S/C41H45N3OSi/c1-27(2)21-30-25-35(42-26-38(30)46(6,7)8)29-22-28(23-31(24-29)41(3,4)5)33-18-14-19-36-39(33)43-40(34-17-12-13-20-37(34)45)44(36)32-15-10-9-11-16-32/h9-20,22-27,45H,21H2,1-8H3. The molecule has 0 bridgehead atoms. The highest BCUT2D eigenvalue weighted by molar-refractivity contribution is 6.89. The van der Waals surface area contributed by atoms with Gasteiger partial charge in [0.2, 0.25) is 0 Å². The zero-order valence-electron chi connectivity index (χ0n) is 28.4. The summed E-state index contributed by atoms with van der Waals surface area (Å²) in [5.74, 6) is 1.48. The van der Waals surface area contributed by atoms with Crippen LogP contribution >= 0.6 is 0 Å². The molecule has 0 aliphatic rings. The highest BCUT2D eigenvalue weighted by Gasteiger charge is 2.24. The van der Waals surface area contributed by atoms with Gasteiger partial charge in [0, 0.05) is 23.0 Å². The van der Waals surface area contributed by atoms with E-state index in [1.54, 1.807) is 6.07 Å². The van der Waals surface area contributed by atoms with Crippen LogP contribution in [0.2, 0.25) is 19.6 Å². The molecule has 2 heterocycles. The van der Waals surface area contributed by atoms with Crippen LogP contribution in [0, 0.1) is 5.92 Å². The summed E-state index contributed by atoms with van der Waals surface area (Å²) in [4.78, 5) is 10.4. The molecule has 0 spiro atoms. The summed E-state index contributed by atoms with van der Waals surface area (Å²) in [6, 6.07) is 33.3. The molecule has 234 valence electrons. The van der Waals surface area contributed by atoms with E-state index < -0.39 is 8.07 Å². The Balaban J connectivity index is 1.61. The van der Waals surface area contributed by atoms with Crippen LogP contribution in [-0.4, -0.2) is 27.7 Å². The summed E-state index contributed by atoms with van der Waals surface area (Å²) < 4.78 is 2.15. The van der Waals surface area contributed by atoms with Gasteiger partial charge in [0.25, 0.3) is 0 Å². The van der Waals surface area contributed by atoms with Gasteiger partial charge in [0.05, 0.1) is 30.4 Å². The van der Waals surface area contributed by atoms with Crippen molar-refractivity contribution in [1.82, 2.24) is 14.5 Å². The lowest BCUT2D eigenvalue weighted by Gasteiger charge is -2.24. The Bertz CT molecular complexity index is 2030. The number of aromatic nitrogens is 3. The molecular weight excluding hydrogens is 579 g/mol. The third kappa shape index (κ3) is 6.16. The van der Waals surface area contributed by atoms with Crippen molar-refractivity contribution >= 4 is 24.3 Å². The number of para-hydroxylation sites is 3. The molecule has 2 aromatic heterocycles. The summed E-state index contributed by atoms with van der Waals surface area (Å²) in [6.07, 6.45) is 3.20. The first-order valence-corrected chi connectivity index (χ1v) is 19.8. The molecule has 0 atom stereocenters. The van der Waals surface area contributed by atoms with Crippen molar-refractivity contribution in [2.75, 3.05) is 0 Å². The molecule has 0 unspecified atom stereocenters. The van der Waals surface area contributed by atoms with E-state index >= 15 is 0 Å². The van der Waals surface area contributed by atoms with Crippen LogP contribution < -0.4 is 5.19 Å². The number of hydrogen-bond donors (Lipinski definition) is 1. The van der Waals surface area contributed by atoms with Gasteiger partial charge in [-0.05, 0) is 88.2 Å². The number of imidazole rings is 1. The van der Waals surface area contributed by atoms with E-state index in [2.05, 4.69) is 120 Å². The predicted octanol–water partition coefficient (Wildman–Crippen LogP) is 10.2. The monoisotopic (exact) mass is 623 g/mol. The molecule has 4 aromatic carbocycles. The first kappa shape index (κ1) is 31.5. The van der Waals surface area contributed by atoms with Crippen molar-refractivity contribution < 1.29 is 5.11 Å². The lowest BCUT2D eigenvalue weighted by Crippen LogP contribution is -2.40. The van der Waals surface area contributed by atoms with Crippen molar-refractivity contribution in [3.05, 3.63) is 114 Å². The Morgan fingerprint density at radius 1 is 0.783 bits per heavy atom. The zero-order chi connectivity index (χ0) is 32.8. The van der Waals surface area contributed by atoms with Crippen LogP contribution in [0.3, 0.4) is 0 Å². The van der Waals surface area contributed by atoms with Gasteiger partial charge < -0.3 is 5.11 Å². The fourth-order valence-electron chi connectivity index (χ4n) is 6.32. The van der Waals surface area contributed by atoms with Gasteiger partial charge in [-0.25, -0.2) is 4.98 Å². The predicted molar refractivity (Wildman–Crippen MR) is 197 cm³/mol. The van der Waals surface area contributed by atoms with Crippen LogP contribution in [0.1, 0.15) is 45.7 Å². The van der Waals surface area contributed by atoms with Gasteiger partial charge in [-0.3, -0.25) is 9.55 Å². The number of fused-ring (bicyclic) bond motifs is 1. The number of hydrogen-bond acceptors (Lipinski definition) is 3. The average Bonchev–Trinajstić information content (AvgIpc) is 3.40. The SMILES string of the molecule is CC(C)Cc1cc(-c2cc(-c3cccc4c3nc(-c3ccccc3O)n4-c3ccccc3)cc(C(C)(C)C)c2)ncc1[Si](C)(C)C. The molecule has 4 nitrogen and oxygen atoms in total. The van der Waals surface area contributed by atoms with E-state index in [1.165, 1.54) is 16.3 Å². The first-order valence-electron chi connectivity index (χ1n) is 16.3. The minimum atomic E-state index is -1.56. The fourth-order valence-corrected chi connectivity index (χ4v) is 7.91. The molecule has 0 saturated heterocycles. The topological polar surface area (TPSA) is 50.9 Å². The number of rotatable bonds is 7. The van der Waals surface area contributed by atoms with Crippen LogP contribution in [0.15, 0.2) is 103 Å². The van der Waals surface area contributed by atoms with E-state index in [9.17, 15) is 5.11 Å². The second-order valence-electron chi connectivity index (χ2n) is 14.9. The van der Waals surface area contributed by atoms with Gasteiger partial charge in [0.1, 0.15) is 11.6 Å². The molecule has 0 fully saturated rings. The van der Waals surface area contributed by atoms with Crippen molar-refractivity contribution in [3.63, 3.8) is 0 Å². The lowest BCUT2D eigenvalue weighted by molar-refractivity contribution is 0.477. The number of nitrogens with zero attached hydrogens (tertiary/aromatic N) is 3. The largest absolute Gasteiger partial charge is 0.507 e. The minimum Gasteiger partial charge on any atom is -0.507 e. The van der Waals surface area contributed by atoms with E-state index in [4.69, 9.17) is 9.97 Å². The molecule has 0 amide bonds. The Hall–Kier alpha value is -4.48. The van der Waals surface area contributed by atoms with E-state index in [-0.39, 0.29) is 11.2 Å². The Kier molecular flexibility index (Phi) is 8.24. The van der Waals surface area contributed by atoms with E-state index in [0.717, 1.165) is 45.5 Å². The summed E-state index contributed by atoms with van der Waals surface area (Å²) in [7, 11) is -1.56. The molecule has 0 radical (unpaired) electrons. The van der Waals surface area contributed by atoms with Crippen LogP contribution in [0.5, 0.6) is 5.75 Å². The zero-order valence-corrected chi connectivity index (χ0v) is 29.4. The maximum absolute atomic E-state index is 10.9. The lowest BCUT2D eigenvalue weighted by atomic mass is 9.83. The molecule has 0 aliphatic carbocycles. The fraction of sp³-hybridized carbons (Fsp3) is 0.268. The van der Waals surface area contributed by atoms with Gasteiger partial charge in [-0.1, -0.05) is 103 Å². The summed E-state index contributed by atoms with van der Waals surface area (Å²) in [5.41, 5.74) is 10.5. The molecule has 1 N–H and O–H groups in total. The third-order valence-corrected chi connectivity index (χ3v) is 10.7. The molecular formula is C41H45N3OSi. The first-order chi connectivity index (χ1) is 21.8. The molecule has 0 saturated carbocycles. The average molecular weight is 624 g/mol. The van der Waals surface area contributed by atoms with Crippen molar-refractivity contribution in [2.24, 2.45) is 5.92 Å². The van der Waals surface area contributed by atoms with Crippen molar-refractivity contribution in [2.45, 2.75) is 66.1 Å². The number of benzene rings is 4. The van der Waals surface area contributed by atoms with Crippen LogP contribution in [-0.2, 0) is 11.8 Å². The Morgan fingerprint density at radius 3 is 2.13 bits per heavy atom. The molecule has 5 heteroatoms. The highest BCUT2D eigenvalue weighted by Crippen LogP contribution is 2.39. The molecule has 0 aliphatic heterocycles. The summed E-state index contributed by atoms with van der Waals surface area (Å²) >= 11 is 0. The molecule has 6 rings (SSSR count). The van der Waals surface area contributed by atoms with E-state index in [1.807, 2.05) is 36.4 Å². The molecule has 6 aromatic rings. The van der Waals surface area contributed by atoms with Crippen molar-refractivity contribution in [1.29, 1.82) is 0 Å². The smallest absolute Gasteiger partial charge is 0.149 e. The maximum atomic E-state index is 10.9. The van der Waals surface area contributed by atoms with E-state index in [0.29, 0.717) is 17.3 Å². The van der Waals surface area contributed by atoms with Gasteiger partial charge in [0.15, 0.2) is 0 Å².